The Balaban J connectivity index is 1.73. The number of hydrogen-bond acceptors (Lipinski definition) is 4. The van der Waals surface area contributed by atoms with E-state index in [0.29, 0.717) is 17.7 Å². The van der Waals surface area contributed by atoms with Crippen molar-refractivity contribution in [3.63, 3.8) is 0 Å². The third-order valence-electron chi connectivity index (χ3n) is 6.15. The predicted octanol–water partition coefficient (Wildman–Crippen LogP) is 2.81. The van der Waals surface area contributed by atoms with Gasteiger partial charge in [0.15, 0.2) is 8.32 Å². The number of benzene rings is 1. The molecule has 2 heterocycles. The summed E-state index contributed by atoms with van der Waals surface area (Å²) in [6.45, 7) is 13.4. The molecule has 0 saturated carbocycles. The fourth-order valence-corrected chi connectivity index (χ4v) is 4.36. The lowest BCUT2D eigenvalue weighted by molar-refractivity contribution is -0.136. The summed E-state index contributed by atoms with van der Waals surface area (Å²) >= 11 is 0. The molecule has 0 spiro atoms. The average Bonchev–Trinajstić information content (AvgIpc) is 2.82. The van der Waals surface area contributed by atoms with Crippen LogP contribution in [0.15, 0.2) is 24.3 Å². The molecule has 146 valence electrons. The van der Waals surface area contributed by atoms with E-state index >= 15 is 0 Å². The van der Waals surface area contributed by atoms with Crippen LogP contribution >= 0.6 is 0 Å². The molecule has 0 radical (unpaired) electrons. The predicted molar refractivity (Wildman–Crippen MR) is 105 cm³/mol. The molecule has 27 heavy (non-hydrogen) atoms. The van der Waals surface area contributed by atoms with E-state index in [4.69, 9.17) is 4.43 Å². The van der Waals surface area contributed by atoms with Gasteiger partial charge in [0.1, 0.15) is 6.04 Å². The summed E-state index contributed by atoms with van der Waals surface area (Å²) in [4.78, 5) is 38.8. The molecule has 1 aromatic rings. The lowest BCUT2D eigenvalue weighted by Gasteiger charge is -2.45. The highest BCUT2D eigenvalue weighted by Gasteiger charge is 2.53. The minimum Gasteiger partial charge on any atom is -0.416 e. The molecule has 1 fully saturated rings. The number of carbonyl (C=O) groups excluding carboxylic acids is 3. The maximum atomic E-state index is 12.7. The van der Waals surface area contributed by atoms with Gasteiger partial charge in [-0.2, -0.15) is 0 Å². The number of hydrogen-bond donors (Lipinski definition) is 1. The Bertz CT molecular complexity index is 764. The number of imide groups is 1. The zero-order chi connectivity index (χ0) is 20.1. The van der Waals surface area contributed by atoms with Crippen LogP contribution in [-0.2, 0) is 9.22 Å². The first-order valence-corrected chi connectivity index (χ1v) is 12.3. The van der Waals surface area contributed by atoms with Crippen molar-refractivity contribution < 1.29 is 18.8 Å². The lowest BCUT2D eigenvalue weighted by atomic mass is 9.87. The van der Waals surface area contributed by atoms with Gasteiger partial charge in [-0.3, -0.25) is 19.3 Å². The molecular weight excluding hydrogens is 360 g/mol. The van der Waals surface area contributed by atoms with Crippen molar-refractivity contribution in [2.45, 2.75) is 57.9 Å². The van der Waals surface area contributed by atoms with E-state index in [1.54, 1.807) is 24.3 Å². The first-order chi connectivity index (χ1) is 12.5. The molecule has 2 aliphatic rings. The van der Waals surface area contributed by atoms with Crippen molar-refractivity contribution in [1.29, 1.82) is 0 Å². The highest BCUT2D eigenvalue weighted by Crippen LogP contribution is 2.37. The topological polar surface area (TPSA) is 75.7 Å². The van der Waals surface area contributed by atoms with Gasteiger partial charge >= 0.3 is 0 Å². The molecule has 6 nitrogen and oxygen atoms in total. The molecule has 3 rings (SSSR count). The largest absolute Gasteiger partial charge is 0.416 e. The van der Waals surface area contributed by atoms with E-state index in [0.717, 1.165) is 4.90 Å². The number of nitrogens with one attached hydrogen (secondary N) is 1. The van der Waals surface area contributed by atoms with Crippen molar-refractivity contribution >= 4 is 26.0 Å². The zero-order valence-corrected chi connectivity index (χ0v) is 17.8. The van der Waals surface area contributed by atoms with Crippen LogP contribution in [-0.4, -0.2) is 49.6 Å². The molecule has 7 heteroatoms. The van der Waals surface area contributed by atoms with Crippen LogP contribution in [0.5, 0.6) is 0 Å². The average molecular weight is 389 g/mol. The molecule has 3 atom stereocenters. The molecule has 1 aromatic carbocycles. The number of fused-ring (bicyclic) bond motifs is 1. The van der Waals surface area contributed by atoms with E-state index in [9.17, 15) is 14.4 Å². The molecular formula is C20H28N2O4Si. The molecule has 1 saturated heterocycles. The second-order valence-corrected chi connectivity index (χ2v) is 13.9. The van der Waals surface area contributed by atoms with Crippen LogP contribution < -0.4 is 5.32 Å². The SMILES string of the molecule is C[C@H](CO[Si](C)(C)C(C)(C)C)[C@H]1NC(=O)[C@H]1N1C(=O)c2ccccc2C1=O. The second kappa shape index (κ2) is 6.56. The summed E-state index contributed by atoms with van der Waals surface area (Å²) in [6.07, 6.45) is 0. The van der Waals surface area contributed by atoms with Gasteiger partial charge < -0.3 is 9.74 Å². The second-order valence-electron chi connectivity index (χ2n) is 9.05. The standard InChI is InChI=1S/C20H28N2O4Si/c1-12(11-26-27(5,6)20(2,3)4)15-16(17(23)21-15)22-18(24)13-9-7-8-10-14(13)19(22)25/h7-10,12,15-16H,11H2,1-6H3,(H,21,23)/t12-,15-,16+/m1/s1. The van der Waals surface area contributed by atoms with Crippen molar-refractivity contribution in [3.8, 4) is 0 Å². The van der Waals surface area contributed by atoms with E-state index < -0.39 is 26.2 Å². The summed E-state index contributed by atoms with van der Waals surface area (Å²) in [5.41, 5.74) is 0.734. The molecule has 2 aliphatic heterocycles. The first-order valence-electron chi connectivity index (χ1n) is 9.37. The lowest BCUT2D eigenvalue weighted by Crippen LogP contribution is -2.72. The highest BCUT2D eigenvalue weighted by atomic mass is 28.4. The molecule has 3 amide bonds. The third kappa shape index (κ3) is 3.23. The molecule has 0 aliphatic carbocycles. The van der Waals surface area contributed by atoms with Crippen LogP contribution in [0.2, 0.25) is 18.1 Å². The van der Waals surface area contributed by atoms with Crippen LogP contribution in [0.1, 0.15) is 48.4 Å². The first kappa shape index (κ1) is 19.8. The Morgan fingerprint density at radius 2 is 1.63 bits per heavy atom. The quantitative estimate of drug-likeness (QED) is 0.478. The highest BCUT2D eigenvalue weighted by molar-refractivity contribution is 6.74. The Kier molecular flexibility index (Phi) is 4.80. The maximum absolute atomic E-state index is 12.7. The van der Waals surface area contributed by atoms with Crippen molar-refractivity contribution in [2.75, 3.05) is 6.61 Å². The Hall–Kier alpha value is -1.99. The van der Waals surface area contributed by atoms with Crippen molar-refractivity contribution in [2.24, 2.45) is 5.92 Å². The fourth-order valence-electron chi connectivity index (χ4n) is 3.25. The summed E-state index contributed by atoms with van der Waals surface area (Å²) in [5, 5.41) is 2.96. The maximum Gasteiger partial charge on any atom is 0.262 e. The Morgan fingerprint density at radius 3 is 2.07 bits per heavy atom. The number of β-lactam (4-membered cyclic amide) rings is 1. The number of carbonyl (C=O) groups is 3. The van der Waals surface area contributed by atoms with Crippen LogP contribution in [0.4, 0.5) is 0 Å². The third-order valence-corrected chi connectivity index (χ3v) is 10.6. The minimum atomic E-state index is -1.91. The number of nitrogens with zero attached hydrogens (tertiary/aromatic N) is 1. The normalized spacial score (nSPS) is 23.8. The van der Waals surface area contributed by atoms with Crippen molar-refractivity contribution in [3.05, 3.63) is 35.4 Å². The van der Waals surface area contributed by atoms with Gasteiger partial charge in [0.2, 0.25) is 5.91 Å². The molecule has 1 N–H and O–H groups in total. The Morgan fingerprint density at radius 1 is 1.11 bits per heavy atom. The monoisotopic (exact) mass is 388 g/mol. The number of rotatable bonds is 5. The van der Waals surface area contributed by atoms with E-state index in [1.807, 2.05) is 6.92 Å². The number of amides is 3. The van der Waals surface area contributed by atoms with Crippen molar-refractivity contribution in [1.82, 2.24) is 10.2 Å². The summed E-state index contributed by atoms with van der Waals surface area (Å²) in [7, 11) is -1.91. The smallest absolute Gasteiger partial charge is 0.262 e. The van der Waals surface area contributed by atoms with E-state index in [1.165, 1.54) is 0 Å². The minimum absolute atomic E-state index is 0.00821. The molecule has 0 aromatic heterocycles. The van der Waals surface area contributed by atoms with Crippen LogP contribution in [0, 0.1) is 5.92 Å². The van der Waals surface area contributed by atoms with Gasteiger partial charge in [0.05, 0.1) is 17.2 Å². The van der Waals surface area contributed by atoms with Gasteiger partial charge in [0, 0.05) is 12.5 Å². The Labute approximate surface area is 161 Å². The molecule has 0 bridgehead atoms. The summed E-state index contributed by atoms with van der Waals surface area (Å²) in [5.74, 6) is -1.07. The zero-order valence-electron chi connectivity index (χ0n) is 16.8. The fraction of sp³-hybridized carbons (Fsp3) is 0.550. The molecule has 0 unspecified atom stereocenters. The summed E-state index contributed by atoms with van der Waals surface area (Å²) < 4.78 is 6.27. The van der Waals surface area contributed by atoms with E-state index in [-0.39, 0.29) is 22.9 Å². The van der Waals surface area contributed by atoms with E-state index in [2.05, 4.69) is 39.2 Å². The van der Waals surface area contributed by atoms with Gasteiger partial charge in [0.25, 0.3) is 11.8 Å². The summed E-state index contributed by atoms with van der Waals surface area (Å²) in [6, 6.07) is 5.65. The van der Waals surface area contributed by atoms with Gasteiger partial charge in [-0.05, 0) is 30.3 Å². The van der Waals surface area contributed by atoms with Gasteiger partial charge in [-0.15, -0.1) is 0 Å². The van der Waals surface area contributed by atoms with Crippen LogP contribution in [0.25, 0.3) is 0 Å². The van der Waals surface area contributed by atoms with Gasteiger partial charge in [-0.25, -0.2) is 0 Å². The van der Waals surface area contributed by atoms with Crippen LogP contribution in [0.3, 0.4) is 0 Å². The van der Waals surface area contributed by atoms with Gasteiger partial charge in [-0.1, -0.05) is 39.8 Å².